The first-order chi connectivity index (χ1) is 16.6. The second kappa shape index (κ2) is 9.88. The van der Waals surface area contributed by atoms with Crippen molar-refractivity contribution in [3.05, 3.63) is 51.7 Å². The molecule has 2 aliphatic rings. The molecule has 0 unspecified atom stereocenters. The number of methoxy groups -OCH3 is 1. The van der Waals surface area contributed by atoms with Crippen molar-refractivity contribution in [1.82, 2.24) is 14.9 Å². The Morgan fingerprint density at radius 2 is 2.06 bits per heavy atom. The number of halogens is 4. The van der Waals surface area contributed by atoms with Gasteiger partial charge in [0.25, 0.3) is 11.8 Å². The van der Waals surface area contributed by atoms with Gasteiger partial charge in [-0.3, -0.25) is 4.79 Å². The standard InChI is InChI=1S/C23H27ClF3N5O3/c1-13(14-4-3-5-16(18(14)25)23(26,27)12-28)29-19-15-10-32(11-17(15)30-21(24)31-19)20(33)22(34-2)6-8-35-9-7-22/h3-5,13H,6-12,28H2,1-2H3,(H,29,30,31)/t13-/m1/s1. The van der Waals surface area contributed by atoms with Gasteiger partial charge in [0.05, 0.1) is 36.9 Å². The zero-order valence-electron chi connectivity index (χ0n) is 19.4. The number of nitrogens with two attached hydrogens (primary N) is 1. The van der Waals surface area contributed by atoms with E-state index in [4.69, 9.17) is 26.8 Å². The smallest absolute Gasteiger partial charge is 0.288 e. The van der Waals surface area contributed by atoms with Crippen LogP contribution in [0, 0.1) is 5.82 Å². The van der Waals surface area contributed by atoms with Gasteiger partial charge in [-0.15, -0.1) is 0 Å². The summed E-state index contributed by atoms with van der Waals surface area (Å²) in [6.07, 6.45) is 0.875. The Kier molecular flexibility index (Phi) is 7.23. The van der Waals surface area contributed by atoms with Gasteiger partial charge in [0.15, 0.2) is 5.60 Å². The normalized spacial score (nSPS) is 18.3. The van der Waals surface area contributed by atoms with Crippen molar-refractivity contribution in [3.63, 3.8) is 0 Å². The predicted molar refractivity (Wildman–Crippen MR) is 122 cm³/mol. The molecule has 12 heteroatoms. The maximum Gasteiger partial charge on any atom is 0.288 e. The number of alkyl halides is 2. The van der Waals surface area contributed by atoms with Gasteiger partial charge in [-0.05, 0) is 18.5 Å². The van der Waals surface area contributed by atoms with Crippen LogP contribution in [0.25, 0.3) is 0 Å². The number of nitrogens with zero attached hydrogens (tertiary/aromatic N) is 3. The second-order valence-electron chi connectivity index (χ2n) is 8.72. The van der Waals surface area contributed by atoms with Crippen LogP contribution >= 0.6 is 11.6 Å². The topological polar surface area (TPSA) is 103 Å². The van der Waals surface area contributed by atoms with Gasteiger partial charge >= 0.3 is 0 Å². The first-order valence-corrected chi connectivity index (χ1v) is 11.6. The Morgan fingerprint density at radius 1 is 1.34 bits per heavy atom. The van der Waals surface area contributed by atoms with Gasteiger partial charge in [-0.1, -0.05) is 18.2 Å². The number of hydrogen-bond acceptors (Lipinski definition) is 7. The van der Waals surface area contributed by atoms with Crippen molar-refractivity contribution in [2.24, 2.45) is 5.73 Å². The average Bonchev–Trinajstić information content (AvgIpc) is 3.28. The highest BCUT2D eigenvalue weighted by Gasteiger charge is 2.45. The molecule has 1 saturated heterocycles. The molecular weight excluding hydrogens is 487 g/mol. The zero-order valence-corrected chi connectivity index (χ0v) is 20.2. The number of amides is 1. The van der Waals surface area contributed by atoms with E-state index in [1.54, 1.807) is 11.8 Å². The molecular formula is C23H27ClF3N5O3. The summed E-state index contributed by atoms with van der Waals surface area (Å²) in [5, 5.41) is 3.01. The number of ether oxygens (including phenoxy) is 2. The summed E-state index contributed by atoms with van der Waals surface area (Å²) in [6, 6.07) is 3.04. The molecule has 1 fully saturated rings. The van der Waals surface area contributed by atoms with Gasteiger partial charge in [0.2, 0.25) is 5.28 Å². The number of fused-ring (bicyclic) bond motifs is 1. The Hall–Kier alpha value is -2.47. The molecule has 8 nitrogen and oxygen atoms in total. The quantitative estimate of drug-likeness (QED) is 0.546. The summed E-state index contributed by atoms with van der Waals surface area (Å²) >= 11 is 6.13. The van der Waals surface area contributed by atoms with Crippen LogP contribution in [0.15, 0.2) is 18.2 Å². The van der Waals surface area contributed by atoms with E-state index in [1.807, 2.05) is 0 Å². The molecule has 3 N–H and O–H groups in total. The Balaban J connectivity index is 1.59. The maximum absolute atomic E-state index is 15.0. The fourth-order valence-electron chi connectivity index (χ4n) is 4.54. The van der Waals surface area contributed by atoms with E-state index in [2.05, 4.69) is 15.3 Å². The predicted octanol–water partition coefficient (Wildman–Crippen LogP) is 3.53. The average molecular weight is 514 g/mol. The molecule has 0 spiro atoms. The van der Waals surface area contributed by atoms with E-state index >= 15 is 4.39 Å². The van der Waals surface area contributed by atoms with E-state index in [0.717, 1.165) is 6.07 Å². The number of carbonyl (C=O) groups is 1. The van der Waals surface area contributed by atoms with Gasteiger partial charge in [-0.2, -0.15) is 8.78 Å². The van der Waals surface area contributed by atoms with Crippen molar-refractivity contribution in [2.75, 3.05) is 32.2 Å². The maximum atomic E-state index is 15.0. The van der Waals surface area contributed by atoms with E-state index in [-0.39, 0.29) is 29.8 Å². The number of aromatic nitrogens is 2. The van der Waals surface area contributed by atoms with Crippen molar-refractivity contribution >= 4 is 23.3 Å². The molecule has 3 heterocycles. The minimum absolute atomic E-state index is 0.0191. The molecule has 0 bridgehead atoms. The van der Waals surface area contributed by atoms with Crippen LogP contribution in [-0.2, 0) is 33.3 Å². The van der Waals surface area contributed by atoms with Crippen LogP contribution in [0.2, 0.25) is 5.28 Å². The monoisotopic (exact) mass is 513 g/mol. The molecule has 0 aliphatic carbocycles. The van der Waals surface area contributed by atoms with Crippen LogP contribution in [-0.4, -0.2) is 53.2 Å². The highest BCUT2D eigenvalue weighted by molar-refractivity contribution is 6.28. The second-order valence-corrected chi connectivity index (χ2v) is 9.06. The summed E-state index contributed by atoms with van der Waals surface area (Å²) in [5.74, 6) is -4.42. The van der Waals surface area contributed by atoms with Crippen LogP contribution in [0.3, 0.4) is 0 Å². The van der Waals surface area contributed by atoms with Crippen molar-refractivity contribution in [1.29, 1.82) is 0 Å². The summed E-state index contributed by atoms with van der Waals surface area (Å²) in [7, 11) is 1.51. The fourth-order valence-corrected chi connectivity index (χ4v) is 4.73. The third-order valence-corrected chi connectivity index (χ3v) is 6.79. The van der Waals surface area contributed by atoms with E-state index < -0.39 is 35.5 Å². The van der Waals surface area contributed by atoms with Crippen molar-refractivity contribution in [2.45, 2.75) is 50.4 Å². The van der Waals surface area contributed by atoms with Crippen LogP contribution in [0.1, 0.15) is 48.2 Å². The number of hydrogen-bond donors (Lipinski definition) is 2. The molecule has 1 amide bonds. The molecule has 1 aromatic carbocycles. The van der Waals surface area contributed by atoms with Crippen molar-refractivity contribution in [3.8, 4) is 0 Å². The molecule has 1 aromatic heterocycles. The summed E-state index contributed by atoms with van der Waals surface area (Å²) < 4.78 is 54.2. The van der Waals surface area contributed by atoms with Gasteiger partial charge in [-0.25, -0.2) is 14.4 Å². The molecule has 1 atom stereocenters. The third-order valence-electron chi connectivity index (χ3n) is 6.62. The molecule has 2 aromatic rings. The lowest BCUT2D eigenvalue weighted by molar-refractivity contribution is -0.167. The van der Waals surface area contributed by atoms with Crippen molar-refractivity contribution < 1.29 is 27.4 Å². The first-order valence-electron chi connectivity index (χ1n) is 11.2. The van der Waals surface area contributed by atoms with Gasteiger partial charge < -0.3 is 25.4 Å². The Labute approximate surface area is 205 Å². The zero-order chi connectivity index (χ0) is 25.4. The summed E-state index contributed by atoms with van der Waals surface area (Å²) in [6.45, 7) is 1.85. The molecule has 190 valence electrons. The summed E-state index contributed by atoms with van der Waals surface area (Å²) in [5.41, 5.74) is 4.58. The Morgan fingerprint density at radius 3 is 2.71 bits per heavy atom. The lowest BCUT2D eigenvalue weighted by Crippen LogP contribution is -2.51. The largest absolute Gasteiger partial charge is 0.381 e. The molecule has 0 radical (unpaired) electrons. The van der Waals surface area contributed by atoms with Crippen LogP contribution in [0.5, 0.6) is 0 Å². The molecule has 35 heavy (non-hydrogen) atoms. The number of benzene rings is 1. The van der Waals surface area contributed by atoms with Gasteiger partial charge in [0, 0.05) is 44.3 Å². The lowest BCUT2D eigenvalue weighted by Gasteiger charge is -2.37. The highest BCUT2D eigenvalue weighted by Crippen LogP contribution is 2.36. The molecule has 0 saturated carbocycles. The SMILES string of the molecule is COC1(C(=O)N2Cc3nc(Cl)nc(N[C@H](C)c4cccc(C(F)(F)CN)c4F)c3C2)CCOCC1. The molecule has 4 rings (SSSR count). The lowest BCUT2D eigenvalue weighted by atomic mass is 9.92. The summed E-state index contributed by atoms with van der Waals surface area (Å²) in [4.78, 5) is 23.5. The van der Waals surface area contributed by atoms with E-state index in [1.165, 1.54) is 19.2 Å². The molecule has 2 aliphatic heterocycles. The highest BCUT2D eigenvalue weighted by atomic mass is 35.5. The van der Waals surface area contributed by atoms with E-state index in [0.29, 0.717) is 43.1 Å². The Bertz CT molecular complexity index is 1110. The van der Waals surface area contributed by atoms with Crippen LogP contribution in [0.4, 0.5) is 19.0 Å². The number of carbonyl (C=O) groups excluding carboxylic acids is 1. The minimum Gasteiger partial charge on any atom is -0.381 e. The number of rotatable bonds is 7. The first kappa shape index (κ1) is 25.6. The number of nitrogens with one attached hydrogen (secondary N) is 1. The third kappa shape index (κ3) is 4.82. The van der Waals surface area contributed by atoms with E-state index in [9.17, 15) is 13.6 Å². The fraction of sp³-hybridized carbons (Fsp3) is 0.522. The number of anilines is 1. The van der Waals surface area contributed by atoms with Crippen LogP contribution < -0.4 is 11.1 Å². The van der Waals surface area contributed by atoms with Gasteiger partial charge in [0.1, 0.15) is 11.6 Å². The minimum atomic E-state index is -3.50.